The zero-order valence-corrected chi connectivity index (χ0v) is 12.7. The van der Waals surface area contributed by atoms with E-state index in [-0.39, 0.29) is 23.0 Å². The highest BCUT2D eigenvalue weighted by Crippen LogP contribution is 2.16. The fraction of sp³-hybridized carbons (Fsp3) is 1.00. The minimum absolute atomic E-state index is 0.0568. The number of sulfone groups is 1. The zero-order valence-electron chi connectivity index (χ0n) is 11.9. The van der Waals surface area contributed by atoms with E-state index in [1.54, 1.807) is 7.11 Å². The molecule has 6 heteroatoms. The Kier molecular flexibility index (Phi) is 5.58. The smallest absolute Gasteiger partial charge is 0.153 e. The maximum atomic E-state index is 11.5. The van der Waals surface area contributed by atoms with Crippen LogP contribution in [0, 0.1) is 5.41 Å². The first-order valence-electron chi connectivity index (χ1n) is 6.45. The van der Waals surface area contributed by atoms with E-state index >= 15 is 0 Å². The van der Waals surface area contributed by atoms with Crippen molar-refractivity contribution in [2.75, 3.05) is 38.2 Å². The van der Waals surface area contributed by atoms with E-state index in [4.69, 9.17) is 4.84 Å². The summed E-state index contributed by atoms with van der Waals surface area (Å²) in [6, 6.07) is 0.0568. The van der Waals surface area contributed by atoms with Crippen molar-refractivity contribution in [3.8, 4) is 0 Å². The van der Waals surface area contributed by atoms with E-state index < -0.39 is 9.84 Å². The first-order valence-corrected chi connectivity index (χ1v) is 8.27. The molecule has 1 atom stereocenters. The number of nitrogens with zero attached hydrogens (tertiary/aromatic N) is 1. The Hall–Kier alpha value is -0.170. The molecule has 1 heterocycles. The SMILES string of the molecule is CON(CCC1CS(=O)(=O)CCN1)CC(C)(C)C. The fourth-order valence-corrected chi connectivity index (χ4v) is 3.61. The molecule has 1 fully saturated rings. The lowest BCUT2D eigenvalue weighted by molar-refractivity contribution is -0.148. The van der Waals surface area contributed by atoms with Crippen molar-refractivity contribution in [1.82, 2.24) is 10.4 Å². The highest BCUT2D eigenvalue weighted by molar-refractivity contribution is 7.91. The molecule has 108 valence electrons. The van der Waals surface area contributed by atoms with Crippen molar-refractivity contribution in [3.63, 3.8) is 0 Å². The summed E-state index contributed by atoms with van der Waals surface area (Å²) in [5.41, 5.74) is 0.169. The second-order valence-electron chi connectivity index (χ2n) is 6.16. The van der Waals surface area contributed by atoms with Gasteiger partial charge in [0.15, 0.2) is 9.84 Å². The number of nitrogens with one attached hydrogen (secondary N) is 1. The second-order valence-corrected chi connectivity index (χ2v) is 8.39. The molecule has 0 radical (unpaired) electrons. The molecule has 0 amide bonds. The van der Waals surface area contributed by atoms with E-state index in [9.17, 15) is 8.42 Å². The largest absolute Gasteiger partial charge is 0.312 e. The Morgan fingerprint density at radius 3 is 2.56 bits per heavy atom. The lowest BCUT2D eigenvalue weighted by atomic mass is 9.97. The second kappa shape index (κ2) is 6.32. The number of rotatable bonds is 5. The van der Waals surface area contributed by atoms with Crippen LogP contribution in [0.15, 0.2) is 0 Å². The van der Waals surface area contributed by atoms with Gasteiger partial charge in [-0.2, -0.15) is 5.06 Å². The van der Waals surface area contributed by atoms with Crippen LogP contribution in [0.2, 0.25) is 0 Å². The van der Waals surface area contributed by atoms with Crippen molar-refractivity contribution in [2.45, 2.75) is 33.2 Å². The van der Waals surface area contributed by atoms with Gasteiger partial charge in [-0.25, -0.2) is 8.42 Å². The molecule has 0 spiro atoms. The van der Waals surface area contributed by atoms with Gasteiger partial charge in [0, 0.05) is 25.7 Å². The summed E-state index contributed by atoms with van der Waals surface area (Å²) in [6.07, 6.45) is 0.795. The number of hydrogen-bond donors (Lipinski definition) is 1. The lowest BCUT2D eigenvalue weighted by Crippen LogP contribution is -2.46. The molecule has 18 heavy (non-hydrogen) atoms. The van der Waals surface area contributed by atoms with Crippen LogP contribution in [-0.4, -0.2) is 57.8 Å². The molecule has 1 rings (SSSR count). The standard InChI is InChI=1S/C12H26N2O3S/c1-12(2,3)10-14(17-4)7-5-11-9-18(15,16)8-6-13-11/h11,13H,5-10H2,1-4H3. The molecule has 0 aliphatic carbocycles. The van der Waals surface area contributed by atoms with Crippen molar-refractivity contribution in [1.29, 1.82) is 0 Å². The van der Waals surface area contributed by atoms with E-state index in [0.717, 1.165) is 19.5 Å². The molecule has 0 aromatic carbocycles. The fourth-order valence-electron chi connectivity index (χ4n) is 2.12. The van der Waals surface area contributed by atoms with Crippen LogP contribution < -0.4 is 5.32 Å². The van der Waals surface area contributed by atoms with E-state index in [1.165, 1.54) is 0 Å². The molecule has 1 N–H and O–H groups in total. The Morgan fingerprint density at radius 2 is 2.06 bits per heavy atom. The average molecular weight is 278 g/mol. The van der Waals surface area contributed by atoms with Gasteiger partial charge in [0.05, 0.1) is 18.6 Å². The maximum Gasteiger partial charge on any atom is 0.153 e. The van der Waals surface area contributed by atoms with Gasteiger partial charge in [0.25, 0.3) is 0 Å². The van der Waals surface area contributed by atoms with E-state index in [2.05, 4.69) is 26.1 Å². The third kappa shape index (κ3) is 6.13. The Labute approximate surface area is 111 Å². The molecule has 1 unspecified atom stereocenters. The van der Waals surface area contributed by atoms with Gasteiger partial charge in [-0.05, 0) is 11.8 Å². The van der Waals surface area contributed by atoms with Crippen LogP contribution in [0.3, 0.4) is 0 Å². The monoisotopic (exact) mass is 278 g/mol. The number of hydrogen-bond acceptors (Lipinski definition) is 5. The maximum absolute atomic E-state index is 11.5. The summed E-state index contributed by atoms with van der Waals surface area (Å²) in [5.74, 6) is 0.513. The van der Waals surface area contributed by atoms with Crippen LogP contribution in [0.1, 0.15) is 27.2 Å². The highest BCUT2D eigenvalue weighted by atomic mass is 32.2. The molecular formula is C12H26N2O3S. The average Bonchev–Trinajstić information content (AvgIpc) is 2.21. The molecular weight excluding hydrogens is 252 g/mol. The predicted octanol–water partition coefficient (Wildman–Crippen LogP) is 0.673. The number of hydroxylamine groups is 2. The molecule has 1 saturated heterocycles. The topological polar surface area (TPSA) is 58.6 Å². The van der Waals surface area contributed by atoms with Crippen molar-refractivity contribution < 1.29 is 13.3 Å². The van der Waals surface area contributed by atoms with Gasteiger partial charge in [-0.3, -0.25) is 0 Å². The van der Waals surface area contributed by atoms with Gasteiger partial charge in [-0.15, -0.1) is 0 Å². The van der Waals surface area contributed by atoms with Gasteiger partial charge in [-0.1, -0.05) is 20.8 Å². The third-order valence-corrected chi connectivity index (χ3v) is 4.67. The van der Waals surface area contributed by atoms with E-state index in [1.807, 2.05) is 5.06 Å². The lowest BCUT2D eigenvalue weighted by Gasteiger charge is -2.30. The van der Waals surface area contributed by atoms with Gasteiger partial charge >= 0.3 is 0 Å². The predicted molar refractivity (Wildman–Crippen MR) is 73.1 cm³/mol. The summed E-state index contributed by atoms with van der Waals surface area (Å²) in [4.78, 5) is 5.33. The normalized spacial score (nSPS) is 24.4. The minimum Gasteiger partial charge on any atom is -0.312 e. The molecule has 0 bridgehead atoms. The van der Waals surface area contributed by atoms with Crippen LogP contribution in [0.5, 0.6) is 0 Å². The third-order valence-electron chi connectivity index (χ3n) is 2.94. The Balaban J connectivity index is 2.39. The minimum atomic E-state index is -2.84. The summed E-state index contributed by atoms with van der Waals surface area (Å²) in [7, 11) is -1.18. The zero-order chi connectivity index (χ0) is 13.8. The molecule has 1 aliphatic heterocycles. The van der Waals surface area contributed by atoms with Crippen LogP contribution in [0.25, 0.3) is 0 Å². The van der Waals surface area contributed by atoms with Crippen LogP contribution in [0.4, 0.5) is 0 Å². The highest BCUT2D eigenvalue weighted by Gasteiger charge is 2.25. The molecule has 0 aromatic heterocycles. The van der Waals surface area contributed by atoms with Gasteiger partial charge in [0.2, 0.25) is 0 Å². The van der Waals surface area contributed by atoms with Gasteiger partial charge < -0.3 is 10.2 Å². The summed E-state index contributed by atoms with van der Waals surface area (Å²) < 4.78 is 23.0. The molecule has 0 aromatic rings. The molecule has 1 aliphatic rings. The molecule has 5 nitrogen and oxygen atoms in total. The summed E-state index contributed by atoms with van der Waals surface area (Å²) in [5, 5.41) is 5.16. The quantitative estimate of drug-likeness (QED) is 0.749. The van der Waals surface area contributed by atoms with Crippen LogP contribution in [-0.2, 0) is 14.7 Å². The van der Waals surface area contributed by atoms with E-state index in [0.29, 0.717) is 6.54 Å². The summed E-state index contributed by atoms with van der Waals surface area (Å²) >= 11 is 0. The van der Waals surface area contributed by atoms with Crippen molar-refractivity contribution in [2.24, 2.45) is 5.41 Å². The first-order chi connectivity index (χ1) is 8.22. The Bertz CT molecular complexity index is 349. The Morgan fingerprint density at radius 1 is 1.39 bits per heavy atom. The first kappa shape index (κ1) is 15.9. The summed E-state index contributed by atoms with van der Waals surface area (Å²) in [6.45, 7) is 8.62. The van der Waals surface area contributed by atoms with Crippen LogP contribution >= 0.6 is 0 Å². The van der Waals surface area contributed by atoms with Crippen molar-refractivity contribution >= 4 is 9.84 Å². The van der Waals surface area contributed by atoms with Gasteiger partial charge in [0.1, 0.15) is 0 Å². The van der Waals surface area contributed by atoms with Crippen molar-refractivity contribution in [3.05, 3.63) is 0 Å². The molecule has 0 saturated carbocycles.